The molecule has 0 radical (unpaired) electrons. The third-order valence-corrected chi connectivity index (χ3v) is 3.98. The molecule has 0 bridgehead atoms. The molecule has 88 valence electrons. The van der Waals surface area contributed by atoms with E-state index in [-0.39, 0.29) is 0 Å². The van der Waals surface area contributed by atoms with Gasteiger partial charge in [-0.15, -0.1) is 0 Å². The fraction of sp³-hybridized carbons (Fsp3) is 0.538. The van der Waals surface area contributed by atoms with Crippen LogP contribution in [0.2, 0.25) is 0 Å². The molecule has 2 rings (SSSR count). The van der Waals surface area contributed by atoms with Gasteiger partial charge < -0.3 is 10.6 Å². The molecule has 0 saturated carbocycles. The summed E-state index contributed by atoms with van der Waals surface area (Å²) in [6.07, 6.45) is 2.25. The molecule has 0 aliphatic carbocycles. The average molecular weight is 283 g/mol. The number of hydrogen-bond donors (Lipinski definition) is 1. The summed E-state index contributed by atoms with van der Waals surface area (Å²) in [5, 5.41) is 0. The van der Waals surface area contributed by atoms with E-state index in [1.54, 1.807) is 0 Å². The van der Waals surface area contributed by atoms with Gasteiger partial charge in [-0.1, -0.05) is 28.9 Å². The smallest absolute Gasteiger partial charge is 0.0377 e. The second-order valence-electron chi connectivity index (χ2n) is 4.65. The Hall–Kier alpha value is -0.540. The van der Waals surface area contributed by atoms with Gasteiger partial charge >= 0.3 is 0 Å². The van der Waals surface area contributed by atoms with Crippen molar-refractivity contribution in [3.05, 3.63) is 28.2 Å². The molecule has 1 fully saturated rings. The third kappa shape index (κ3) is 2.58. The standard InChI is InChI=1S/C13H19BrN2/c1-10-5-7-16(9-10)12-3-2-11(4-6-15)13(14)8-12/h2-3,8,10H,4-7,9,15H2,1H3. The van der Waals surface area contributed by atoms with Crippen molar-refractivity contribution >= 4 is 21.6 Å². The van der Waals surface area contributed by atoms with Crippen LogP contribution in [0.4, 0.5) is 5.69 Å². The van der Waals surface area contributed by atoms with E-state index in [1.807, 2.05) is 0 Å². The van der Waals surface area contributed by atoms with Crippen molar-refractivity contribution in [2.45, 2.75) is 19.8 Å². The van der Waals surface area contributed by atoms with E-state index in [2.05, 4.69) is 46.0 Å². The highest BCUT2D eigenvalue weighted by Crippen LogP contribution is 2.28. The van der Waals surface area contributed by atoms with Gasteiger partial charge in [0, 0.05) is 23.2 Å². The molecule has 1 aromatic carbocycles. The molecule has 1 unspecified atom stereocenters. The Labute approximate surface area is 106 Å². The van der Waals surface area contributed by atoms with E-state index in [0.29, 0.717) is 6.54 Å². The molecule has 16 heavy (non-hydrogen) atoms. The molecule has 1 aromatic rings. The molecule has 1 aliphatic rings. The van der Waals surface area contributed by atoms with E-state index in [9.17, 15) is 0 Å². The topological polar surface area (TPSA) is 29.3 Å². The number of hydrogen-bond acceptors (Lipinski definition) is 2. The summed E-state index contributed by atoms with van der Waals surface area (Å²) in [5.74, 6) is 0.822. The van der Waals surface area contributed by atoms with Crippen molar-refractivity contribution in [2.75, 3.05) is 24.5 Å². The Morgan fingerprint density at radius 2 is 2.31 bits per heavy atom. The summed E-state index contributed by atoms with van der Waals surface area (Å²) >= 11 is 3.63. The van der Waals surface area contributed by atoms with Crippen molar-refractivity contribution < 1.29 is 0 Å². The number of rotatable bonds is 3. The molecular formula is C13H19BrN2. The van der Waals surface area contributed by atoms with Crippen LogP contribution in [0, 0.1) is 5.92 Å². The van der Waals surface area contributed by atoms with Crippen LogP contribution in [0.5, 0.6) is 0 Å². The number of nitrogens with two attached hydrogens (primary N) is 1. The first kappa shape index (κ1) is 11.9. The molecule has 1 saturated heterocycles. The van der Waals surface area contributed by atoms with E-state index in [0.717, 1.165) is 12.3 Å². The second kappa shape index (κ2) is 5.19. The highest BCUT2D eigenvalue weighted by atomic mass is 79.9. The maximum atomic E-state index is 5.58. The van der Waals surface area contributed by atoms with Crippen molar-refractivity contribution in [3.8, 4) is 0 Å². The zero-order chi connectivity index (χ0) is 11.5. The highest BCUT2D eigenvalue weighted by molar-refractivity contribution is 9.10. The van der Waals surface area contributed by atoms with Crippen LogP contribution in [0.25, 0.3) is 0 Å². The van der Waals surface area contributed by atoms with Gasteiger partial charge in [-0.2, -0.15) is 0 Å². The molecule has 0 amide bonds. The Bertz CT molecular complexity index is 365. The van der Waals surface area contributed by atoms with Crippen LogP contribution in [0.1, 0.15) is 18.9 Å². The normalized spacial score (nSPS) is 20.4. The number of nitrogens with zero attached hydrogens (tertiary/aromatic N) is 1. The molecule has 2 nitrogen and oxygen atoms in total. The van der Waals surface area contributed by atoms with Crippen LogP contribution in [0.3, 0.4) is 0 Å². The SMILES string of the molecule is CC1CCN(c2ccc(CCN)c(Br)c2)C1. The van der Waals surface area contributed by atoms with Gasteiger partial charge in [-0.25, -0.2) is 0 Å². The van der Waals surface area contributed by atoms with E-state index in [1.165, 1.54) is 35.2 Å². The minimum atomic E-state index is 0.707. The predicted octanol–water partition coefficient (Wildman–Crippen LogP) is 2.80. The minimum Gasteiger partial charge on any atom is -0.371 e. The van der Waals surface area contributed by atoms with Crippen LogP contribution < -0.4 is 10.6 Å². The Balaban J connectivity index is 2.14. The molecule has 1 heterocycles. The first-order valence-corrected chi connectivity index (χ1v) is 6.73. The summed E-state index contributed by atoms with van der Waals surface area (Å²) < 4.78 is 1.19. The molecule has 2 N–H and O–H groups in total. The number of benzene rings is 1. The van der Waals surface area contributed by atoms with Crippen LogP contribution in [-0.2, 0) is 6.42 Å². The van der Waals surface area contributed by atoms with Crippen molar-refractivity contribution in [1.29, 1.82) is 0 Å². The van der Waals surface area contributed by atoms with Gasteiger partial charge in [0.1, 0.15) is 0 Å². The lowest BCUT2D eigenvalue weighted by atomic mass is 10.1. The monoisotopic (exact) mass is 282 g/mol. The maximum Gasteiger partial charge on any atom is 0.0377 e. The lowest BCUT2D eigenvalue weighted by molar-refractivity contribution is 0.659. The van der Waals surface area contributed by atoms with Gasteiger partial charge in [0.15, 0.2) is 0 Å². The van der Waals surface area contributed by atoms with E-state index < -0.39 is 0 Å². The highest BCUT2D eigenvalue weighted by Gasteiger charge is 2.19. The predicted molar refractivity (Wildman–Crippen MR) is 72.9 cm³/mol. The lowest BCUT2D eigenvalue weighted by Gasteiger charge is -2.19. The van der Waals surface area contributed by atoms with Gasteiger partial charge in [-0.3, -0.25) is 0 Å². The first-order chi connectivity index (χ1) is 7.70. The lowest BCUT2D eigenvalue weighted by Crippen LogP contribution is -2.19. The maximum absolute atomic E-state index is 5.58. The quantitative estimate of drug-likeness (QED) is 0.924. The summed E-state index contributed by atoms with van der Waals surface area (Å²) in [6.45, 7) is 5.39. The zero-order valence-electron chi connectivity index (χ0n) is 9.75. The van der Waals surface area contributed by atoms with E-state index >= 15 is 0 Å². The Morgan fingerprint density at radius 3 is 2.88 bits per heavy atom. The fourth-order valence-corrected chi connectivity index (χ4v) is 2.83. The van der Waals surface area contributed by atoms with Crippen LogP contribution in [0.15, 0.2) is 22.7 Å². The minimum absolute atomic E-state index is 0.707. The molecule has 1 atom stereocenters. The second-order valence-corrected chi connectivity index (χ2v) is 5.51. The van der Waals surface area contributed by atoms with Crippen LogP contribution >= 0.6 is 15.9 Å². The summed E-state index contributed by atoms with van der Waals surface area (Å²) in [7, 11) is 0. The molecular weight excluding hydrogens is 264 g/mol. The van der Waals surface area contributed by atoms with Crippen molar-refractivity contribution in [1.82, 2.24) is 0 Å². The van der Waals surface area contributed by atoms with Crippen molar-refractivity contribution in [2.24, 2.45) is 11.7 Å². The molecule has 1 aliphatic heterocycles. The van der Waals surface area contributed by atoms with Gasteiger partial charge in [0.25, 0.3) is 0 Å². The summed E-state index contributed by atoms with van der Waals surface area (Å²) in [6, 6.07) is 6.63. The summed E-state index contributed by atoms with van der Waals surface area (Å²) in [4.78, 5) is 2.46. The Morgan fingerprint density at radius 1 is 1.50 bits per heavy atom. The molecule has 0 spiro atoms. The number of halogens is 1. The van der Waals surface area contributed by atoms with Crippen molar-refractivity contribution in [3.63, 3.8) is 0 Å². The first-order valence-electron chi connectivity index (χ1n) is 5.94. The average Bonchev–Trinajstić information content (AvgIpc) is 2.68. The number of anilines is 1. The van der Waals surface area contributed by atoms with Crippen LogP contribution in [-0.4, -0.2) is 19.6 Å². The van der Waals surface area contributed by atoms with Gasteiger partial charge in [0.05, 0.1) is 0 Å². The van der Waals surface area contributed by atoms with E-state index in [4.69, 9.17) is 5.73 Å². The summed E-state index contributed by atoms with van der Waals surface area (Å²) in [5.41, 5.74) is 8.21. The largest absolute Gasteiger partial charge is 0.371 e. The van der Waals surface area contributed by atoms with Gasteiger partial charge in [-0.05, 0) is 43.0 Å². The fourth-order valence-electron chi connectivity index (χ4n) is 2.26. The van der Waals surface area contributed by atoms with Gasteiger partial charge in [0.2, 0.25) is 0 Å². The third-order valence-electron chi connectivity index (χ3n) is 3.24. The molecule has 0 aromatic heterocycles. The molecule has 3 heteroatoms. The Kier molecular flexibility index (Phi) is 3.87. The zero-order valence-corrected chi connectivity index (χ0v) is 11.3.